The van der Waals surface area contributed by atoms with Gasteiger partial charge in [-0.15, -0.1) is 0 Å². The van der Waals surface area contributed by atoms with Gasteiger partial charge in [0.2, 0.25) is 5.91 Å². The number of carbonyl (C=O) groups excluding carboxylic acids is 2. The van der Waals surface area contributed by atoms with E-state index in [1.807, 2.05) is 61.5 Å². The minimum atomic E-state index is -0.0231. The van der Waals surface area contributed by atoms with E-state index >= 15 is 0 Å². The Bertz CT molecular complexity index is 842. The molecule has 0 radical (unpaired) electrons. The summed E-state index contributed by atoms with van der Waals surface area (Å²) < 4.78 is 0. The first kappa shape index (κ1) is 21.9. The highest BCUT2D eigenvalue weighted by Gasteiger charge is 2.24. The standard InChI is InChI=1S/C25H33N3O2/c1-18(2)19(3)26-25(30)22-11-7-8-12-23(22)28-15-13-21(14-16-28)27-24(29)17-20-9-5-4-6-10-20/h4-12,18-19,21H,13-17H2,1-3H3,(H,26,30)(H,27,29). The SMILES string of the molecule is CC(C)C(C)NC(=O)c1ccccc1N1CCC(NC(=O)Cc2ccccc2)CC1. The summed E-state index contributed by atoms with van der Waals surface area (Å²) >= 11 is 0. The first-order valence-corrected chi connectivity index (χ1v) is 10.9. The van der Waals surface area contributed by atoms with Crippen LogP contribution in [0.15, 0.2) is 54.6 Å². The van der Waals surface area contributed by atoms with Crippen LogP contribution in [0.5, 0.6) is 0 Å². The van der Waals surface area contributed by atoms with E-state index in [0.717, 1.165) is 42.7 Å². The number of nitrogens with zero attached hydrogens (tertiary/aromatic N) is 1. The molecule has 2 aromatic rings. The monoisotopic (exact) mass is 407 g/mol. The molecule has 1 heterocycles. The van der Waals surface area contributed by atoms with Gasteiger partial charge in [-0.05, 0) is 43.4 Å². The quantitative estimate of drug-likeness (QED) is 0.734. The van der Waals surface area contributed by atoms with E-state index in [9.17, 15) is 9.59 Å². The van der Waals surface area contributed by atoms with Crippen molar-refractivity contribution in [2.24, 2.45) is 5.92 Å². The normalized spacial score (nSPS) is 15.7. The molecule has 160 valence electrons. The van der Waals surface area contributed by atoms with Crippen molar-refractivity contribution in [2.45, 2.75) is 52.1 Å². The number of piperidine rings is 1. The van der Waals surface area contributed by atoms with Gasteiger partial charge in [0.15, 0.2) is 0 Å². The molecule has 0 saturated carbocycles. The van der Waals surface area contributed by atoms with Gasteiger partial charge >= 0.3 is 0 Å². The Morgan fingerprint density at radius 1 is 0.967 bits per heavy atom. The van der Waals surface area contributed by atoms with Crippen molar-refractivity contribution in [3.63, 3.8) is 0 Å². The summed E-state index contributed by atoms with van der Waals surface area (Å²) in [5.41, 5.74) is 2.72. The summed E-state index contributed by atoms with van der Waals surface area (Å²) in [4.78, 5) is 27.4. The lowest BCUT2D eigenvalue weighted by Crippen LogP contribution is -2.45. The summed E-state index contributed by atoms with van der Waals surface area (Å²) in [6.07, 6.45) is 2.16. The third-order valence-corrected chi connectivity index (χ3v) is 5.92. The van der Waals surface area contributed by atoms with Gasteiger partial charge in [-0.3, -0.25) is 9.59 Å². The van der Waals surface area contributed by atoms with Gasteiger partial charge in [0.1, 0.15) is 0 Å². The molecule has 2 N–H and O–H groups in total. The zero-order chi connectivity index (χ0) is 21.5. The van der Waals surface area contributed by atoms with Crippen molar-refractivity contribution in [3.8, 4) is 0 Å². The van der Waals surface area contributed by atoms with Gasteiger partial charge in [0.25, 0.3) is 5.91 Å². The molecule has 5 nitrogen and oxygen atoms in total. The molecule has 30 heavy (non-hydrogen) atoms. The maximum Gasteiger partial charge on any atom is 0.253 e. The average molecular weight is 408 g/mol. The highest BCUT2D eigenvalue weighted by Crippen LogP contribution is 2.24. The number of hydrogen-bond donors (Lipinski definition) is 2. The molecule has 1 aliphatic rings. The molecule has 5 heteroatoms. The zero-order valence-corrected chi connectivity index (χ0v) is 18.2. The Labute approximate surface area is 179 Å². The van der Waals surface area contributed by atoms with Gasteiger partial charge < -0.3 is 15.5 Å². The molecule has 1 unspecified atom stereocenters. The average Bonchev–Trinajstić information content (AvgIpc) is 2.75. The lowest BCUT2D eigenvalue weighted by atomic mass is 10.0. The van der Waals surface area contributed by atoms with Gasteiger partial charge in [-0.1, -0.05) is 56.3 Å². The van der Waals surface area contributed by atoms with Crippen LogP contribution in [-0.2, 0) is 11.2 Å². The van der Waals surface area contributed by atoms with E-state index in [4.69, 9.17) is 0 Å². The summed E-state index contributed by atoms with van der Waals surface area (Å²) in [5, 5.41) is 6.28. The highest BCUT2D eigenvalue weighted by atomic mass is 16.2. The lowest BCUT2D eigenvalue weighted by Gasteiger charge is -2.35. The smallest absolute Gasteiger partial charge is 0.253 e. The summed E-state index contributed by atoms with van der Waals surface area (Å²) in [6, 6.07) is 17.9. The molecule has 0 spiro atoms. The van der Waals surface area contributed by atoms with E-state index in [2.05, 4.69) is 29.4 Å². The number of amides is 2. The second kappa shape index (κ2) is 10.3. The fourth-order valence-electron chi connectivity index (χ4n) is 3.72. The minimum absolute atomic E-state index is 0.0231. The minimum Gasteiger partial charge on any atom is -0.371 e. The molecule has 0 aliphatic carbocycles. The Hall–Kier alpha value is -2.82. The van der Waals surface area contributed by atoms with Crippen LogP contribution in [0.4, 0.5) is 5.69 Å². The summed E-state index contributed by atoms with van der Waals surface area (Å²) in [5.74, 6) is 0.434. The highest BCUT2D eigenvalue weighted by molar-refractivity contribution is 6.00. The second-order valence-corrected chi connectivity index (χ2v) is 8.51. The Morgan fingerprint density at radius 2 is 1.60 bits per heavy atom. The van der Waals surface area contributed by atoms with Crippen LogP contribution in [0, 0.1) is 5.92 Å². The second-order valence-electron chi connectivity index (χ2n) is 8.51. The van der Waals surface area contributed by atoms with E-state index in [-0.39, 0.29) is 23.9 Å². The van der Waals surface area contributed by atoms with Crippen molar-refractivity contribution in [1.29, 1.82) is 0 Å². The van der Waals surface area contributed by atoms with Crippen LogP contribution in [-0.4, -0.2) is 37.0 Å². The predicted molar refractivity (Wildman–Crippen MR) is 122 cm³/mol. The molecule has 1 atom stereocenters. The number of benzene rings is 2. The van der Waals surface area contributed by atoms with Crippen molar-refractivity contribution < 1.29 is 9.59 Å². The Kier molecular flexibility index (Phi) is 7.50. The summed E-state index contributed by atoms with van der Waals surface area (Å²) in [6.45, 7) is 7.89. The largest absolute Gasteiger partial charge is 0.371 e. The fraction of sp³-hybridized carbons (Fsp3) is 0.440. The molecule has 3 rings (SSSR count). The Balaban J connectivity index is 1.56. The van der Waals surface area contributed by atoms with Crippen LogP contribution in [0.1, 0.15) is 49.5 Å². The van der Waals surface area contributed by atoms with E-state index < -0.39 is 0 Å². The number of carbonyl (C=O) groups is 2. The molecule has 0 bridgehead atoms. The number of rotatable bonds is 7. The molecule has 2 amide bonds. The molecule has 2 aromatic carbocycles. The van der Waals surface area contributed by atoms with Crippen molar-refractivity contribution in [3.05, 3.63) is 65.7 Å². The third-order valence-electron chi connectivity index (χ3n) is 5.92. The molecular weight excluding hydrogens is 374 g/mol. The first-order chi connectivity index (χ1) is 14.4. The predicted octanol–water partition coefficient (Wildman–Crippen LogP) is 3.79. The van der Waals surface area contributed by atoms with Crippen LogP contribution in [0.3, 0.4) is 0 Å². The van der Waals surface area contributed by atoms with Gasteiger partial charge in [-0.25, -0.2) is 0 Å². The lowest BCUT2D eigenvalue weighted by molar-refractivity contribution is -0.121. The topological polar surface area (TPSA) is 61.4 Å². The van der Waals surface area contributed by atoms with Gasteiger partial charge in [-0.2, -0.15) is 0 Å². The van der Waals surface area contributed by atoms with Crippen molar-refractivity contribution in [2.75, 3.05) is 18.0 Å². The molecular formula is C25H33N3O2. The van der Waals surface area contributed by atoms with Crippen LogP contribution in [0.2, 0.25) is 0 Å². The van der Waals surface area contributed by atoms with Crippen LogP contribution in [0.25, 0.3) is 0 Å². The van der Waals surface area contributed by atoms with E-state index in [1.165, 1.54) is 0 Å². The maximum absolute atomic E-state index is 12.8. The van der Waals surface area contributed by atoms with Gasteiger partial charge in [0, 0.05) is 30.9 Å². The third kappa shape index (κ3) is 5.85. The number of hydrogen-bond acceptors (Lipinski definition) is 3. The number of anilines is 1. The summed E-state index contributed by atoms with van der Waals surface area (Å²) in [7, 11) is 0. The van der Waals surface area contributed by atoms with Crippen LogP contribution >= 0.6 is 0 Å². The van der Waals surface area contributed by atoms with E-state index in [1.54, 1.807) is 0 Å². The zero-order valence-electron chi connectivity index (χ0n) is 18.2. The van der Waals surface area contributed by atoms with Gasteiger partial charge in [0.05, 0.1) is 12.0 Å². The number of para-hydroxylation sites is 1. The molecule has 1 saturated heterocycles. The first-order valence-electron chi connectivity index (χ1n) is 10.9. The molecule has 1 fully saturated rings. The van der Waals surface area contributed by atoms with E-state index in [0.29, 0.717) is 12.3 Å². The molecule has 0 aromatic heterocycles. The van der Waals surface area contributed by atoms with Crippen molar-refractivity contribution in [1.82, 2.24) is 10.6 Å². The van der Waals surface area contributed by atoms with Crippen molar-refractivity contribution >= 4 is 17.5 Å². The maximum atomic E-state index is 12.8. The number of nitrogens with one attached hydrogen (secondary N) is 2. The van der Waals surface area contributed by atoms with Crippen LogP contribution < -0.4 is 15.5 Å². The Morgan fingerprint density at radius 3 is 2.27 bits per heavy atom. The molecule has 1 aliphatic heterocycles. The fourth-order valence-corrected chi connectivity index (χ4v) is 3.72.